The summed E-state index contributed by atoms with van der Waals surface area (Å²) in [4.78, 5) is 4.43. The minimum absolute atomic E-state index is 0.558. The van der Waals surface area contributed by atoms with Gasteiger partial charge in [-0.25, -0.2) is 0 Å². The van der Waals surface area contributed by atoms with Gasteiger partial charge in [0.1, 0.15) is 0 Å². The van der Waals surface area contributed by atoms with Crippen molar-refractivity contribution >= 4 is 34.1 Å². The van der Waals surface area contributed by atoms with E-state index in [1.165, 1.54) is 0 Å². The zero-order valence-electron chi connectivity index (χ0n) is 9.40. The van der Waals surface area contributed by atoms with Gasteiger partial charge in [0, 0.05) is 17.1 Å². The van der Waals surface area contributed by atoms with E-state index in [0.29, 0.717) is 10.0 Å². The Balaban J connectivity index is 2.16. The quantitative estimate of drug-likeness (QED) is 0.593. The number of benzene rings is 2. The van der Waals surface area contributed by atoms with E-state index in [0.717, 1.165) is 22.0 Å². The first-order valence-electron chi connectivity index (χ1n) is 5.54. The number of fused-ring (bicyclic) bond motifs is 1. The van der Waals surface area contributed by atoms with Crippen molar-refractivity contribution < 1.29 is 0 Å². The molecule has 3 heteroatoms. The van der Waals surface area contributed by atoms with E-state index in [-0.39, 0.29) is 0 Å². The van der Waals surface area contributed by atoms with Crippen LogP contribution in [0.4, 0.5) is 0 Å². The summed E-state index contributed by atoms with van der Waals surface area (Å²) < 4.78 is 0. The van der Waals surface area contributed by atoms with Crippen LogP contribution in [0.3, 0.4) is 0 Å². The molecule has 18 heavy (non-hydrogen) atoms. The van der Waals surface area contributed by atoms with E-state index < -0.39 is 0 Å². The number of halogens is 2. The van der Waals surface area contributed by atoms with E-state index in [4.69, 9.17) is 23.2 Å². The third-order valence-electron chi connectivity index (χ3n) is 2.84. The number of rotatable bonds is 1. The van der Waals surface area contributed by atoms with Crippen LogP contribution < -0.4 is 0 Å². The molecule has 88 valence electrons. The molecule has 0 N–H and O–H groups in total. The molecule has 0 saturated carbocycles. The zero-order chi connectivity index (χ0) is 12.5. The fourth-order valence-corrected chi connectivity index (χ4v) is 2.20. The molecule has 3 aromatic rings. The van der Waals surface area contributed by atoms with Crippen molar-refractivity contribution in [3.63, 3.8) is 0 Å². The topological polar surface area (TPSA) is 12.9 Å². The fourth-order valence-electron chi connectivity index (χ4n) is 1.90. The number of nitrogens with zero attached hydrogens (tertiary/aromatic N) is 1. The number of hydrogen-bond acceptors (Lipinski definition) is 1. The minimum Gasteiger partial charge on any atom is -0.256 e. The highest BCUT2D eigenvalue weighted by molar-refractivity contribution is 6.42. The summed E-state index contributed by atoms with van der Waals surface area (Å²) in [6.07, 6.45) is 1.85. The van der Waals surface area contributed by atoms with Crippen LogP contribution in [0, 0.1) is 0 Å². The molecular weight excluding hydrogens is 265 g/mol. The Hall–Kier alpha value is -1.57. The average Bonchev–Trinajstić information content (AvgIpc) is 2.41. The van der Waals surface area contributed by atoms with Crippen LogP contribution in [-0.2, 0) is 0 Å². The van der Waals surface area contributed by atoms with Crippen molar-refractivity contribution in [3.05, 3.63) is 64.8 Å². The van der Waals surface area contributed by atoms with E-state index in [1.54, 1.807) is 6.07 Å². The van der Waals surface area contributed by atoms with Gasteiger partial charge in [0.05, 0.1) is 15.6 Å². The van der Waals surface area contributed by atoms with Crippen LogP contribution >= 0.6 is 23.2 Å². The second kappa shape index (κ2) is 4.60. The lowest BCUT2D eigenvalue weighted by molar-refractivity contribution is 1.41. The van der Waals surface area contributed by atoms with Crippen LogP contribution in [0.2, 0.25) is 10.0 Å². The van der Waals surface area contributed by atoms with Gasteiger partial charge in [0.25, 0.3) is 0 Å². The minimum atomic E-state index is 0.558. The number of pyridine rings is 1. The van der Waals surface area contributed by atoms with Crippen LogP contribution in [0.15, 0.2) is 54.7 Å². The summed E-state index contributed by atoms with van der Waals surface area (Å²) in [5.74, 6) is 0. The molecular formula is C15H9Cl2N. The van der Waals surface area contributed by atoms with Crippen LogP contribution in [0.1, 0.15) is 0 Å². The number of hydrogen-bond donors (Lipinski definition) is 0. The van der Waals surface area contributed by atoms with E-state index >= 15 is 0 Å². The molecule has 0 aliphatic carbocycles. The third-order valence-corrected chi connectivity index (χ3v) is 3.58. The smallest absolute Gasteiger partial charge is 0.0702 e. The van der Waals surface area contributed by atoms with Crippen molar-refractivity contribution in [2.75, 3.05) is 0 Å². The third kappa shape index (κ3) is 2.07. The molecule has 0 bridgehead atoms. The van der Waals surface area contributed by atoms with Crippen molar-refractivity contribution in [3.8, 4) is 11.1 Å². The molecule has 1 aromatic heterocycles. The van der Waals surface area contributed by atoms with Crippen molar-refractivity contribution in [2.24, 2.45) is 0 Å². The first-order valence-corrected chi connectivity index (χ1v) is 6.30. The monoisotopic (exact) mass is 273 g/mol. The lowest BCUT2D eigenvalue weighted by Gasteiger charge is -2.05. The lowest BCUT2D eigenvalue weighted by atomic mass is 10.1. The van der Waals surface area contributed by atoms with Crippen molar-refractivity contribution in [2.45, 2.75) is 0 Å². The Morgan fingerprint density at radius 1 is 0.778 bits per heavy atom. The molecule has 0 unspecified atom stereocenters. The van der Waals surface area contributed by atoms with Gasteiger partial charge in [-0.3, -0.25) is 4.98 Å². The largest absolute Gasteiger partial charge is 0.256 e. The van der Waals surface area contributed by atoms with Gasteiger partial charge in [0.15, 0.2) is 0 Å². The standard InChI is InChI=1S/C15H9Cl2N/c16-13-6-5-10(8-14(13)17)12-7-11-3-1-2-4-15(11)18-9-12/h1-9H. The lowest BCUT2D eigenvalue weighted by Crippen LogP contribution is -1.83. The summed E-state index contributed by atoms with van der Waals surface area (Å²) in [6, 6.07) is 15.7. The van der Waals surface area contributed by atoms with Gasteiger partial charge in [-0.15, -0.1) is 0 Å². The Kier molecular flexibility index (Phi) is 2.94. The normalized spacial score (nSPS) is 10.8. The highest BCUT2D eigenvalue weighted by atomic mass is 35.5. The zero-order valence-corrected chi connectivity index (χ0v) is 10.9. The van der Waals surface area contributed by atoms with Gasteiger partial charge in [-0.05, 0) is 29.8 Å². The molecule has 1 heterocycles. The number of aromatic nitrogens is 1. The molecule has 2 aromatic carbocycles. The summed E-state index contributed by atoms with van der Waals surface area (Å²) in [7, 11) is 0. The van der Waals surface area contributed by atoms with Gasteiger partial charge in [-0.1, -0.05) is 47.5 Å². The van der Waals surface area contributed by atoms with Crippen LogP contribution in [0.5, 0.6) is 0 Å². The first kappa shape index (κ1) is 11.5. The van der Waals surface area contributed by atoms with E-state index in [1.807, 2.05) is 42.6 Å². The maximum absolute atomic E-state index is 6.03. The summed E-state index contributed by atoms with van der Waals surface area (Å²) >= 11 is 11.9. The van der Waals surface area contributed by atoms with E-state index in [2.05, 4.69) is 11.1 Å². The van der Waals surface area contributed by atoms with Crippen molar-refractivity contribution in [1.29, 1.82) is 0 Å². The first-order chi connectivity index (χ1) is 8.74. The molecule has 0 fully saturated rings. The fraction of sp³-hybridized carbons (Fsp3) is 0. The van der Waals surface area contributed by atoms with Gasteiger partial charge in [-0.2, -0.15) is 0 Å². The Morgan fingerprint density at radius 2 is 1.61 bits per heavy atom. The van der Waals surface area contributed by atoms with Gasteiger partial charge < -0.3 is 0 Å². The highest BCUT2D eigenvalue weighted by Gasteiger charge is 2.03. The summed E-state index contributed by atoms with van der Waals surface area (Å²) in [5, 5.41) is 2.23. The summed E-state index contributed by atoms with van der Waals surface area (Å²) in [5.41, 5.74) is 3.04. The summed E-state index contributed by atoms with van der Waals surface area (Å²) in [6.45, 7) is 0. The molecule has 3 rings (SSSR count). The molecule has 0 aliphatic heterocycles. The Labute approximate surface area is 115 Å². The maximum atomic E-state index is 6.03. The van der Waals surface area contributed by atoms with Gasteiger partial charge >= 0.3 is 0 Å². The predicted molar refractivity (Wildman–Crippen MR) is 77.2 cm³/mol. The van der Waals surface area contributed by atoms with E-state index in [9.17, 15) is 0 Å². The SMILES string of the molecule is Clc1ccc(-c2cnc3ccccc3c2)cc1Cl. The molecule has 0 spiro atoms. The second-order valence-corrected chi connectivity index (χ2v) is 4.86. The molecule has 0 radical (unpaired) electrons. The average molecular weight is 274 g/mol. The molecule has 0 atom stereocenters. The molecule has 1 nitrogen and oxygen atoms in total. The molecule has 0 aliphatic rings. The molecule has 0 amide bonds. The predicted octanol–water partition coefficient (Wildman–Crippen LogP) is 5.21. The Bertz CT molecular complexity index is 723. The Morgan fingerprint density at radius 3 is 2.44 bits per heavy atom. The van der Waals surface area contributed by atoms with Gasteiger partial charge in [0.2, 0.25) is 0 Å². The highest BCUT2D eigenvalue weighted by Crippen LogP contribution is 2.29. The molecule has 0 saturated heterocycles. The second-order valence-electron chi connectivity index (χ2n) is 4.05. The maximum Gasteiger partial charge on any atom is 0.0702 e. The number of para-hydroxylation sites is 1. The van der Waals surface area contributed by atoms with Crippen molar-refractivity contribution in [1.82, 2.24) is 4.98 Å². The van der Waals surface area contributed by atoms with Crippen LogP contribution in [-0.4, -0.2) is 4.98 Å². The van der Waals surface area contributed by atoms with Crippen LogP contribution in [0.25, 0.3) is 22.0 Å².